The molecule has 18 heteroatoms. The molecule has 4 bridgehead atoms. The Morgan fingerprint density at radius 3 is 2.53 bits per heavy atom. The van der Waals surface area contributed by atoms with Crippen LogP contribution in [0.25, 0.3) is 0 Å². The highest BCUT2D eigenvalue weighted by atomic mass is 35.5. The molecule has 1 unspecified atom stereocenters. The molecule has 1 aromatic carbocycles. The van der Waals surface area contributed by atoms with Crippen molar-refractivity contribution in [2.75, 3.05) is 45.5 Å². The van der Waals surface area contributed by atoms with Crippen LogP contribution in [0.15, 0.2) is 35.9 Å². The average molecular weight is 863 g/mol. The number of nitrogens with one attached hydrogen (secondary N) is 1. The second-order valence-corrected chi connectivity index (χ2v) is 17.4. The first-order chi connectivity index (χ1) is 27.8. The van der Waals surface area contributed by atoms with Crippen molar-refractivity contribution in [3.8, 4) is 5.75 Å². The number of allylic oxidation sites excluding steroid dienone is 3. The predicted octanol–water partition coefficient (Wildman–Crippen LogP) is 3.79. The lowest BCUT2D eigenvalue weighted by Gasteiger charge is -2.42. The molecular weight excluding hydrogens is 808 g/mol. The summed E-state index contributed by atoms with van der Waals surface area (Å²) in [4.78, 5) is 82.8. The fourth-order valence-electron chi connectivity index (χ4n) is 7.80. The monoisotopic (exact) mass is 862 g/mol. The summed E-state index contributed by atoms with van der Waals surface area (Å²) >= 11 is 8.00. The van der Waals surface area contributed by atoms with Gasteiger partial charge in [0.05, 0.1) is 30.6 Å². The molecule has 5 amide bonds. The Morgan fingerprint density at radius 2 is 1.88 bits per heavy atom. The molecule has 0 aromatic heterocycles. The number of carbonyl (C=O) groups is 6. The molecule has 0 spiro atoms. The third kappa shape index (κ3) is 9.91. The van der Waals surface area contributed by atoms with E-state index in [2.05, 4.69) is 5.32 Å². The fourth-order valence-corrected chi connectivity index (χ4v) is 9.22. The SMILES string of the molecule is CCN1C(=O)CC(SCCC(=O)N(C)[C@@H](C)C(=O)O[C@H]2CC(=O)N(C)c3cc(cc(OC)c3Cl)CC(C)=CC=C[C@@H](OC)[C@@]3(O)C[C@H](OC(=O)N3)[C@@H](C)[C@H]3O[C@@]23C)C1=O. The lowest BCUT2D eigenvalue weighted by Crippen LogP contribution is -2.63. The van der Waals surface area contributed by atoms with Gasteiger partial charge in [0.25, 0.3) is 0 Å². The Labute approximate surface area is 353 Å². The predicted molar refractivity (Wildman–Crippen MR) is 219 cm³/mol. The summed E-state index contributed by atoms with van der Waals surface area (Å²) in [5.41, 5.74) is -1.08. The van der Waals surface area contributed by atoms with Gasteiger partial charge in [-0.2, -0.15) is 0 Å². The fraction of sp³-hybridized carbons (Fsp3) is 0.610. The largest absolute Gasteiger partial charge is 0.495 e. The molecule has 2 N–H and O–H groups in total. The Bertz CT molecular complexity index is 1900. The molecule has 4 heterocycles. The number of likely N-dealkylation sites (N-methyl/N-ethyl adjacent to an activating group) is 1. The Morgan fingerprint density at radius 1 is 1.17 bits per heavy atom. The molecule has 3 fully saturated rings. The number of halogens is 1. The summed E-state index contributed by atoms with van der Waals surface area (Å²) < 4.78 is 29.3. The maximum atomic E-state index is 14.2. The molecule has 3 saturated heterocycles. The van der Waals surface area contributed by atoms with Crippen LogP contribution < -0.4 is 15.0 Å². The molecule has 0 radical (unpaired) electrons. The van der Waals surface area contributed by atoms with Gasteiger partial charge in [-0.3, -0.25) is 29.4 Å². The summed E-state index contributed by atoms with van der Waals surface area (Å²) in [6.45, 7) is 8.89. The first-order valence-electron chi connectivity index (χ1n) is 19.6. The summed E-state index contributed by atoms with van der Waals surface area (Å²) in [6.07, 6.45) is 0.657. The minimum atomic E-state index is -1.86. The number of esters is 1. The van der Waals surface area contributed by atoms with Crippen molar-refractivity contribution in [3.05, 3.63) is 46.5 Å². The normalized spacial score (nSPS) is 30.5. The lowest BCUT2D eigenvalue weighted by molar-refractivity contribution is -0.162. The molecular formula is C41H55ClN4O12S. The van der Waals surface area contributed by atoms with Gasteiger partial charge < -0.3 is 38.6 Å². The Kier molecular flexibility index (Phi) is 14.5. The van der Waals surface area contributed by atoms with E-state index >= 15 is 0 Å². The van der Waals surface area contributed by atoms with Crippen LogP contribution in [0.3, 0.4) is 0 Å². The van der Waals surface area contributed by atoms with Crippen LogP contribution in [-0.2, 0) is 49.3 Å². The van der Waals surface area contributed by atoms with Gasteiger partial charge in [-0.25, -0.2) is 9.59 Å². The zero-order valence-corrected chi connectivity index (χ0v) is 36.5. The number of fused-ring (bicyclic) bond motifs is 5. The summed E-state index contributed by atoms with van der Waals surface area (Å²) in [6, 6.07) is 2.46. The molecule has 1 aromatic rings. The van der Waals surface area contributed by atoms with Gasteiger partial charge in [-0.1, -0.05) is 42.3 Å². The topological polar surface area (TPSA) is 194 Å². The number of anilines is 1. The number of hydrogen-bond donors (Lipinski definition) is 2. The number of nitrogens with zero attached hydrogens (tertiary/aromatic N) is 3. The van der Waals surface area contributed by atoms with Gasteiger partial charge >= 0.3 is 12.1 Å². The smallest absolute Gasteiger partial charge is 0.409 e. The van der Waals surface area contributed by atoms with Crippen molar-refractivity contribution < 1.29 is 57.6 Å². The number of ether oxygens (including phenoxy) is 5. The van der Waals surface area contributed by atoms with E-state index in [1.807, 2.05) is 13.0 Å². The Balaban J connectivity index is 1.41. The molecule has 0 aliphatic carbocycles. The number of epoxide rings is 1. The van der Waals surface area contributed by atoms with Crippen LogP contribution in [0.5, 0.6) is 5.75 Å². The number of aliphatic hydroxyl groups is 1. The first-order valence-corrected chi connectivity index (χ1v) is 21.0. The second-order valence-electron chi connectivity index (χ2n) is 15.7. The van der Waals surface area contributed by atoms with Gasteiger partial charge in [-0.15, -0.1) is 11.8 Å². The second kappa shape index (κ2) is 18.6. The quantitative estimate of drug-likeness (QED) is 0.196. The number of benzene rings is 1. The third-order valence-electron chi connectivity index (χ3n) is 11.7. The maximum Gasteiger partial charge on any atom is 0.409 e. The van der Waals surface area contributed by atoms with E-state index < -0.39 is 70.9 Å². The maximum absolute atomic E-state index is 14.2. The number of imide groups is 1. The number of likely N-dealkylation sites (tertiary alicyclic amines) is 1. The van der Waals surface area contributed by atoms with Crippen molar-refractivity contribution in [3.63, 3.8) is 0 Å². The van der Waals surface area contributed by atoms with Crippen molar-refractivity contribution in [1.82, 2.24) is 15.1 Å². The molecule has 4 aliphatic heterocycles. The lowest BCUT2D eigenvalue weighted by atomic mass is 9.83. The summed E-state index contributed by atoms with van der Waals surface area (Å²) in [5, 5.41) is 13.9. The van der Waals surface area contributed by atoms with Crippen molar-refractivity contribution >= 4 is 64.7 Å². The van der Waals surface area contributed by atoms with E-state index in [9.17, 15) is 33.9 Å². The number of methoxy groups -OCH3 is 2. The molecule has 5 rings (SSSR count). The van der Waals surface area contributed by atoms with Crippen LogP contribution in [0.1, 0.15) is 65.9 Å². The van der Waals surface area contributed by atoms with Gasteiger partial charge in [0.1, 0.15) is 40.7 Å². The number of rotatable bonds is 10. The van der Waals surface area contributed by atoms with E-state index in [4.69, 9.17) is 35.3 Å². The van der Waals surface area contributed by atoms with E-state index in [0.717, 1.165) is 11.1 Å². The number of carbonyl (C=O) groups excluding carboxylic acids is 6. The standard InChI is InChI=1S/C41H55ClN4O12S/c1-10-46-34(49)19-29(37(46)50)59-15-14-32(47)44(6)24(4)38(51)57-31-20-33(48)45(7)26-17-25(18-27(54-8)35(26)42)16-22(2)12-11-13-30(55-9)41(53)21-28(56-39(52)43-41)23(3)36-40(31,5)58-36/h11-13,17-18,23-24,28-31,36,53H,10,14-16,19-21H2,1-9H3,(H,43,52)/t23-,24+,28+,29?,30-,31+,36-,40+,41+/m1/s1. The van der Waals surface area contributed by atoms with E-state index in [1.165, 1.54) is 54.7 Å². The van der Waals surface area contributed by atoms with E-state index in [0.29, 0.717) is 17.9 Å². The molecule has 324 valence electrons. The van der Waals surface area contributed by atoms with Gasteiger partial charge in [0.2, 0.25) is 23.6 Å². The van der Waals surface area contributed by atoms with Crippen LogP contribution in [0, 0.1) is 5.92 Å². The highest BCUT2D eigenvalue weighted by Gasteiger charge is 2.64. The van der Waals surface area contributed by atoms with Gasteiger partial charge in [0.15, 0.2) is 5.72 Å². The number of hydrogen-bond acceptors (Lipinski definition) is 13. The van der Waals surface area contributed by atoms with E-state index in [-0.39, 0.29) is 60.7 Å². The molecule has 16 nitrogen and oxygen atoms in total. The van der Waals surface area contributed by atoms with Crippen LogP contribution in [-0.4, -0.2) is 138 Å². The summed E-state index contributed by atoms with van der Waals surface area (Å²) in [7, 11) is 5.90. The van der Waals surface area contributed by atoms with Crippen LogP contribution in [0.2, 0.25) is 5.02 Å². The minimum Gasteiger partial charge on any atom is -0.495 e. The third-order valence-corrected chi connectivity index (χ3v) is 13.3. The van der Waals surface area contributed by atoms with Crippen LogP contribution >= 0.6 is 23.4 Å². The minimum absolute atomic E-state index is 0.00432. The Hall–Kier alpha value is -4.16. The zero-order valence-electron chi connectivity index (χ0n) is 34.9. The zero-order chi connectivity index (χ0) is 43.6. The van der Waals surface area contributed by atoms with Crippen molar-refractivity contribution in [1.29, 1.82) is 0 Å². The average Bonchev–Trinajstić information content (AvgIpc) is 3.81. The van der Waals surface area contributed by atoms with Crippen LogP contribution in [0.4, 0.5) is 10.5 Å². The number of thioether (sulfide) groups is 1. The van der Waals surface area contributed by atoms with Gasteiger partial charge in [0, 0.05) is 58.7 Å². The molecule has 0 saturated carbocycles. The molecule has 9 atom stereocenters. The van der Waals surface area contributed by atoms with Crippen molar-refractivity contribution in [2.24, 2.45) is 5.92 Å². The highest BCUT2D eigenvalue weighted by molar-refractivity contribution is 8.00. The first kappa shape index (κ1) is 45.9. The highest BCUT2D eigenvalue weighted by Crippen LogP contribution is 2.49. The van der Waals surface area contributed by atoms with Gasteiger partial charge in [-0.05, 0) is 51.8 Å². The molecule has 4 aliphatic rings. The summed E-state index contributed by atoms with van der Waals surface area (Å²) in [5.74, 6) is -2.14. The van der Waals surface area contributed by atoms with E-state index in [1.54, 1.807) is 52.1 Å². The molecule has 59 heavy (non-hydrogen) atoms. The number of amides is 5. The van der Waals surface area contributed by atoms with Crippen molar-refractivity contribution in [2.45, 2.75) is 114 Å². The number of alkyl carbamates (subject to hydrolysis) is 1.